The number of carbonyl (C=O) groups excluding carboxylic acids is 3. The maximum absolute atomic E-state index is 12.6. The van der Waals surface area contributed by atoms with Gasteiger partial charge in [0, 0.05) is 5.56 Å². The van der Waals surface area contributed by atoms with Gasteiger partial charge in [0.15, 0.2) is 5.78 Å². The molecule has 2 aromatic rings. The molecule has 0 aliphatic carbocycles. The van der Waals surface area contributed by atoms with Crippen LogP contribution in [0.5, 0.6) is 0 Å². The van der Waals surface area contributed by atoms with Crippen LogP contribution in [-0.2, 0) is 6.54 Å². The predicted octanol–water partition coefficient (Wildman–Crippen LogP) is 3.61. The lowest BCUT2D eigenvalue weighted by Crippen LogP contribution is -2.30. The number of fused-ring (bicyclic) bond motifs is 1. The molecule has 2 amide bonds. The zero-order chi connectivity index (χ0) is 17.6. The van der Waals surface area contributed by atoms with Gasteiger partial charge in [-0.1, -0.05) is 18.2 Å². The Balaban J connectivity index is 2.05. The van der Waals surface area contributed by atoms with E-state index in [1.54, 1.807) is 24.3 Å². The summed E-state index contributed by atoms with van der Waals surface area (Å²) < 4.78 is 0. The second-order valence-corrected chi connectivity index (χ2v) is 6.29. The van der Waals surface area contributed by atoms with E-state index < -0.39 is 0 Å². The first kappa shape index (κ1) is 16.1. The molecular formula is C20H19NO3. The normalized spacial score (nSPS) is 13.4. The van der Waals surface area contributed by atoms with Crippen molar-refractivity contribution < 1.29 is 14.4 Å². The van der Waals surface area contributed by atoms with Crippen molar-refractivity contribution in [3.05, 3.63) is 69.3 Å². The zero-order valence-electron chi connectivity index (χ0n) is 14.3. The van der Waals surface area contributed by atoms with Crippen LogP contribution in [0.25, 0.3) is 0 Å². The van der Waals surface area contributed by atoms with Gasteiger partial charge in [0.25, 0.3) is 11.8 Å². The number of amides is 2. The van der Waals surface area contributed by atoms with Gasteiger partial charge in [0.1, 0.15) is 0 Å². The number of Topliss-reactive ketones (excluding diaryl/α,β-unsaturated/α-hetero) is 1. The number of hydrogen-bond donors (Lipinski definition) is 0. The Labute approximate surface area is 141 Å². The molecule has 3 rings (SSSR count). The first-order chi connectivity index (χ1) is 11.3. The smallest absolute Gasteiger partial charge is 0.261 e. The molecule has 0 saturated heterocycles. The van der Waals surface area contributed by atoms with Crippen molar-refractivity contribution in [2.24, 2.45) is 0 Å². The summed E-state index contributed by atoms with van der Waals surface area (Å²) in [5, 5.41) is 0. The highest BCUT2D eigenvalue weighted by atomic mass is 16.2. The van der Waals surface area contributed by atoms with Gasteiger partial charge in [-0.05, 0) is 62.1 Å². The van der Waals surface area contributed by atoms with E-state index in [0.717, 1.165) is 22.3 Å². The molecule has 2 aromatic carbocycles. The summed E-state index contributed by atoms with van der Waals surface area (Å²) in [6, 6.07) is 8.79. The van der Waals surface area contributed by atoms with Crippen LogP contribution in [0.15, 0.2) is 30.3 Å². The molecular weight excluding hydrogens is 302 g/mol. The topological polar surface area (TPSA) is 54.5 Å². The number of carbonyl (C=O) groups is 3. The average molecular weight is 321 g/mol. The minimum absolute atomic E-state index is 0.00592. The largest absolute Gasteiger partial charge is 0.294 e. The lowest BCUT2D eigenvalue weighted by molar-refractivity contribution is 0.0642. The molecule has 24 heavy (non-hydrogen) atoms. The van der Waals surface area contributed by atoms with Crippen LogP contribution < -0.4 is 0 Å². The summed E-state index contributed by atoms with van der Waals surface area (Å²) in [7, 11) is 0. The Morgan fingerprint density at radius 3 is 2.00 bits per heavy atom. The van der Waals surface area contributed by atoms with Crippen LogP contribution in [0.3, 0.4) is 0 Å². The molecule has 0 spiro atoms. The highest BCUT2D eigenvalue weighted by molar-refractivity contribution is 6.21. The summed E-state index contributed by atoms with van der Waals surface area (Å²) in [5.74, 6) is -0.563. The second kappa shape index (κ2) is 5.71. The van der Waals surface area contributed by atoms with E-state index in [1.165, 1.54) is 11.8 Å². The molecule has 1 aliphatic heterocycles. The number of nitrogens with zero attached hydrogens (tertiary/aromatic N) is 1. The molecule has 0 fully saturated rings. The van der Waals surface area contributed by atoms with Crippen LogP contribution >= 0.6 is 0 Å². The Hall–Kier alpha value is -2.75. The van der Waals surface area contributed by atoms with Gasteiger partial charge >= 0.3 is 0 Å². The van der Waals surface area contributed by atoms with Gasteiger partial charge < -0.3 is 0 Å². The van der Waals surface area contributed by atoms with Crippen molar-refractivity contribution in [3.8, 4) is 0 Å². The number of imide groups is 1. The first-order valence-electron chi connectivity index (χ1n) is 7.88. The summed E-state index contributed by atoms with van der Waals surface area (Å²) in [4.78, 5) is 38.3. The van der Waals surface area contributed by atoms with E-state index in [4.69, 9.17) is 0 Å². The number of ketones is 1. The summed E-state index contributed by atoms with van der Waals surface area (Å²) in [6.45, 7) is 7.45. The lowest BCUT2D eigenvalue weighted by Gasteiger charge is -2.20. The van der Waals surface area contributed by atoms with Crippen molar-refractivity contribution in [1.82, 2.24) is 4.90 Å². The van der Waals surface area contributed by atoms with Crippen molar-refractivity contribution in [2.75, 3.05) is 0 Å². The van der Waals surface area contributed by atoms with Crippen LogP contribution in [-0.4, -0.2) is 22.5 Å². The fraction of sp³-hybridized carbons (Fsp3) is 0.250. The van der Waals surface area contributed by atoms with Gasteiger partial charge in [0.05, 0.1) is 17.7 Å². The highest BCUT2D eigenvalue weighted by Gasteiger charge is 2.35. The van der Waals surface area contributed by atoms with Gasteiger partial charge in [0.2, 0.25) is 0 Å². The van der Waals surface area contributed by atoms with E-state index in [1.807, 2.05) is 26.8 Å². The van der Waals surface area contributed by atoms with E-state index in [9.17, 15) is 14.4 Å². The van der Waals surface area contributed by atoms with E-state index in [0.29, 0.717) is 16.7 Å². The summed E-state index contributed by atoms with van der Waals surface area (Å²) in [5.41, 5.74) is 5.16. The Kier molecular flexibility index (Phi) is 3.84. The Bertz CT molecular complexity index is 861. The van der Waals surface area contributed by atoms with Crippen molar-refractivity contribution >= 4 is 17.6 Å². The van der Waals surface area contributed by atoms with Gasteiger partial charge in [-0.3, -0.25) is 19.3 Å². The molecule has 0 unspecified atom stereocenters. The quantitative estimate of drug-likeness (QED) is 0.641. The SMILES string of the molecule is CC(=O)c1c(C)cc(C)c(CN2C(=O)c3ccccc3C2=O)c1C. The van der Waals surface area contributed by atoms with Crippen LogP contribution in [0.4, 0.5) is 0 Å². The van der Waals surface area contributed by atoms with E-state index in [2.05, 4.69) is 0 Å². The molecule has 0 saturated carbocycles. The number of aryl methyl sites for hydroxylation is 2. The van der Waals surface area contributed by atoms with E-state index >= 15 is 0 Å². The fourth-order valence-electron chi connectivity index (χ4n) is 3.55. The van der Waals surface area contributed by atoms with Gasteiger partial charge in [-0.15, -0.1) is 0 Å². The first-order valence-corrected chi connectivity index (χ1v) is 7.88. The molecule has 0 N–H and O–H groups in total. The molecule has 1 heterocycles. The molecule has 1 aliphatic rings. The molecule has 122 valence electrons. The average Bonchev–Trinajstić information content (AvgIpc) is 2.75. The molecule has 0 aromatic heterocycles. The minimum atomic E-state index is -0.278. The number of hydrogen-bond acceptors (Lipinski definition) is 3. The van der Waals surface area contributed by atoms with Crippen molar-refractivity contribution in [2.45, 2.75) is 34.2 Å². The molecule has 4 heteroatoms. The Morgan fingerprint density at radius 1 is 0.958 bits per heavy atom. The third kappa shape index (κ3) is 2.35. The van der Waals surface area contributed by atoms with Crippen LogP contribution in [0.2, 0.25) is 0 Å². The van der Waals surface area contributed by atoms with Crippen molar-refractivity contribution in [1.29, 1.82) is 0 Å². The van der Waals surface area contributed by atoms with Gasteiger partial charge in [-0.25, -0.2) is 0 Å². The van der Waals surface area contributed by atoms with Crippen molar-refractivity contribution in [3.63, 3.8) is 0 Å². The van der Waals surface area contributed by atoms with Gasteiger partial charge in [-0.2, -0.15) is 0 Å². The summed E-state index contributed by atoms with van der Waals surface area (Å²) >= 11 is 0. The maximum Gasteiger partial charge on any atom is 0.261 e. The predicted molar refractivity (Wildman–Crippen MR) is 91.3 cm³/mol. The molecule has 0 atom stereocenters. The Morgan fingerprint density at radius 2 is 1.50 bits per heavy atom. The number of benzene rings is 2. The lowest BCUT2D eigenvalue weighted by atomic mass is 9.91. The highest BCUT2D eigenvalue weighted by Crippen LogP contribution is 2.28. The molecule has 0 bridgehead atoms. The van der Waals surface area contributed by atoms with Crippen LogP contribution in [0, 0.1) is 20.8 Å². The molecule has 0 radical (unpaired) electrons. The second-order valence-electron chi connectivity index (χ2n) is 6.29. The third-order valence-electron chi connectivity index (χ3n) is 4.68. The monoisotopic (exact) mass is 321 g/mol. The van der Waals surface area contributed by atoms with E-state index in [-0.39, 0.29) is 24.1 Å². The minimum Gasteiger partial charge on any atom is -0.294 e. The van der Waals surface area contributed by atoms with Crippen LogP contribution in [0.1, 0.15) is 60.3 Å². The fourth-order valence-corrected chi connectivity index (χ4v) is 3.55. The third-order valence-corrected chi connectivity index (χ3v) is 4.68. The zero-order valence-corrected chi connectivity index (χ0v) is 14.3. The number of rotatable bonds is 3. The molecule has 4 nitrogen and oxygen atoms in total. The maximum atomic E-state index is 12.6. The summed E-state index contributed by atoms with van der Waals surface area (Å²) in [6.07, 6.45) is 0. The standard InChI is InChI=1S/C20H19NO3/c1-11-9-12(2)18(14(4)22)13(3)17(11)10-21-19(23)15-7-5-6-8-16(15)20(21)24/h5-9H,10H2,1-4H3.